The van der Waals surface area contributed by atoms with E-state index in [1.165, 1.54) is 4.57 Å². The van der Waals surface area contributed by atoms with Crippen LogP contribution in [0.15, 0.2) is 65.6 Å². The van der Waals surface area contributed by atoms with Crippen molar-refractivity contribution in [1.82, 2.24) is 18.7 Å². The highest BCUT2D eigenvalue weighted by molar-refractivity contribution is 5.87. The molecule has 0 saturated carbocycles. The number of hydrogen-bond acceptors (Lipinski definition) is 4. The van der Waals surface area contributed by atoms with E-state index in [1.807, 2.05) is 38.4 Å². The maximum atomic E-state index is 14.0. The quantitative estimate of drug-likeness (QED) is 0.369. The van der Waals surface area contributed by atoms with Gasteiger partial charge >= 0.3 is 11.7 Å². The Labute approximate surface area is 208 Å². The molecule has 0 bridgehead atoms. The highest BCUT2D eigenvalue weighted by atomic mass is 16.5. The number of benzene rings is 2. The van der Waals surface area contributed by atoms with Crippen LogP contribution in [0.25, 0.3) is 22.1 Å². The molecule has 36 heavy (non-hydrogen) atoms. The van der Waals surface area contributed by atoms with Gasteiger partial charge in [-0.2, -0.15) is 0 Å². The van der Waals surface area contributed by atoms with E-state index in [1.54, 1.807) is 35.9 Å². The third-order valence-corrected chi connectivity index (χ3v) is 6.76. The molecule has 0 saturated heterocycles. The van der Waals surface area contributed by atoms with Crippen LogP contribution < -0.4 is 10.4 Å². The lowest BCUT2D eigenvalue weighted by molar-refractivity contribution is -0.137. The average molecular weight is 485 g/mol. The number of methoxy groups -OCH3 is 1. The highest BCUT2D eigenvalue weighted by Crippen LogP contribution is 2.29. The Bertz CT molecular complexity index is 1660. The molecular formula is C28H28N4O4. The minimum absolute atomic E-state index is 0.256. The second kappa shape index (κ2) is 9.03. The second-order valence-corrected chi connectivity index (χ2v) is 9.16. The zero-order valence-electron chi connectivity index (χ0n) is 20.7. The van der Waals surface area contributed by atoms with Crippen LogP contribution in [0, 0.1) is 13.8 Å². The average Bonchev–Trinajstić information content (AvgIpc) is 3.31. The monoisotopic (exact) mass is 484 g/mol. The van der Waals surface area contributed by atoms with Crippen LogP contribution in [0.4, 0.5) is 0 Å². The summed E-state index contributed by atoms with van der Waals surface area (Å²) in [6.45, 7) is 4.27. The van der Waals surface area contributed by atoms with Gasteiger partial charge in [0.05, 0.1) is 31.6 Å². The Balaban J connectivity index is 1.73. The smallest absolute Gasteiger partial charge is 0.331 e. The van der Waals surface area contributed by atoms with Crippen LogP contribution in [0.5, 0.6) is 5.75 Å². The van der Waals surface area contributed by atoms with E-state index >= 15 is 0 Å². The minimum Gasteiger partial charge on any atom is -0.497 e. The summed E-state index contributed by atoms with van der Waals surface area (Å²) in [5.41, 5.74) is 5.54. The number of carboxylic acids is 1. The molecule has 5 rings (SSSR count). The minimum atomic E-state index is -0.999. The van der Waals surface area contributed by atoms with E-state index in [-0.39, 0.29) is 12.1 Å². The van der Waals surface area contributed by atoms with E-state index in [9.17, 15) is 14.7 Å². The van der Waals surface area contributed by atoms with Crippen molar-refractivity contribution >= 4 is 28.0 Å². The molecule has 0 spiro atoms. The summed E-state index contributed by atoms with van der Waals surface area (Å²) in [5.74, 6) is -0.344. The number of ether oxygens (including phenoxy) is 1. The van der Waals surface area contributed by atoms with Crippen molar-refractivity contribution in [1.29, 1.82) is 0 Å². The van der Waals surface area contributed by atoms with E-state index in [0.717, 1.165) is 27.7 Å². The molecule has 5 aromatic rings. The van der Waals surface area contributed by atoms with Gasteiger partial charge in [-0.15, -0.1) is 0 Å². The SMILES string of the molecule is COc1ccc([C@@H](CC(=O)O)n2c(=O)n(Cc3cn(C)c4cccc(C)c34)c3ccc(C)nc32)cc1. The van der Waals surface area contributed by atoms with Crippen LogP contribution in [0.1, 0.15) is 34.8 Å². The molecule has 1 atom stereocenters. The summed E-state index contributed by atoms with van der Waals surface area (Å²) < 4.78 is 10.5. The van der Waals surface area contributed by atoms with Gasteiger partial charge in [0.25, 0.3) is 0 Å². The molecule has 1 N–H and O–H groups in total. The number of aryl methyl sites for hydroxylation is 3. The molecule has 0 radical (unpaired) electrons. The summed E-state index contributed by atoms with van der Waals surface area (Å²) >= 11 is 0. The summed E-state index contributed by atoms with van der Waals surface area (Å²) in [5, 5.41) is 10.9. The van der Waals surface area contributed by atoms with Crippen molar-refractivity contribution in [2.45, 2.75) is 32.9 Å². The van der Waals surface area contributed by atoms with Gasteiger partial charge in [0.15, 0.2) is 5.65 Å². The molecule has 0 aliphatic carbocycles. The normalized spacial score (nSPS) is 12.3. The number of imidazole rings is 1. The molecule has 0 amide bonds. The van der Waals surface area contributed by atoms with Crippen molar-refractivity contribution in [2.75, 3.05) is 7.11 Å². The third kappa shape index (κ3) is 3.94. The predicted octanol–water partition coefficient (Wildman–Crippen LogP) is 4.43. The zero-order chi connectivity index (χ0) is 25.6. The Morgan fingerprint density at radius 1 is 1.06 bits per heavy atom. The molecule has 8 heteroatoms. The van der Waals surface area contributed by atoms with Crippen molar-refractivity contribution < 1.29 is 14.6 Å². The van der Waals surface area contributed by atoms with Crippen LogP contribution in [-0.2, 0) is 18.4 Å². The van der Waals surface area contributed by atoms with E-state index < -0.39 is 12.0 Å². The summed E-state index contributed by atoms with van der Waals surface area (Å²) in [7, 11) is 3.57. The molecule has 0 unspecified atom stereocenters. The molecule has 2 aromatic carbocycles. The maximum Gasteiger partial charge on any atom is 0.331 e. The van der Waals surface area contributed by atoms with Crippen molar-refractivity contribution in [3.05, 3.63) is 93.7 Å². The zero-order valence-corrected chi connectivity index (χ0v) is 20.7. The molecule has 0 aliphatic heterocycles. The highest BCUT2D eigenvalue weighted by Gasteiger charge is 2.26. The van der Waals surface area contributed by atoms with Gasteiger partial charge in [0, 0.05) is 29.8 Å². The standard InChI is InChI=1S/C28H28N4O4/c1-17-6-5-7-22-26(17)20(15-30(22)3)16-31-23-13-8-18(2)29-27(23)32(28(31)35)24(14-25(33)34)19-9-11-21(36-4)12-10-19/h5-13,15,24H,14,16H2,1-4H3,(H,33,34)/t24-/m1/s1. The molecule has 3 aromatic heterocycles. The van der Waals surface area contributed by atoms with E-state index in [2.05, 4.69) is 23.6 Å². The first kappa shape index (κ1) is 23.4. The van der Waals surface area contributed by atoms with E-state index in [0.29, 0.717) is 29.0 Å². The van der Waals surface area contributed by atoms with Crippen LogP contribution >= 0.6 is 0 Å². The predicted molar refractivity (Wildman–Crippen MR) is 139 cm³/mol. The largest absolute Gasteiger partial charge is 0.497 e. The van der Waals surface area contributed by atoms with Crippen LogP contribution in [0.3, 0.4) is 0 Å². The van der Waals surface area contributed by atoms with Gasteiger partial charge in [-0.3, -0.25) is 13.9 Å². The summed E-state index contributed by atoms with van der Waals surface area (Å²) in [6, 6.07) is 16.3. The maximum absolute atomic E-state index is 14.0. The number of carboxylic acid groups (broad SMARTS) is 1. The number of hydrogen-bond donors (Lipinski definition) is 1. The van der Waals surface area contributed by atoms with Gasteiger partial charge < -0.3 is 14.4 Å². The fourth-order valence-electron chi connectivity index (χ4n) is 5.05. The molecule has 0 fully saturated rings. The lowest BCUT2D eigenvalue weighted by Crippen LogP contribution is -2.30. The summed E-state index contributed by atoms with van der Waals surface area (Å²) in [4.78, 5) is 30.6. The number of fused-ring (bicyclic) bond motifs is 2. The number of nitrogens with zero attached hydrogens (tertiary/aromatic N) is 4. The first-order chi connectivity index (χ1) is 17.3. The van der Waals surface area contributed by atoms with Gasteiger partial charge in [0.2, 0.25) is 0 Å². The first-order valence-corrected chi connectivity index (χ1v) is 11.8. The molecule has 3 heterocycles. The number of pyridine rings is 1. The Morgan fingerprint density at radius 3 is 2.50 bits per heavy atom. The van der Waals surface area contributed by atoms with Crippen molar-refractivity contribution in [3.8, 4) is 5.75 Å². The van der Waals surface area contributed by atoms with Gasteiger partial charge in [-0.05, 0) is 60.9 Å². The van der Waals surface area contributed by atoms with E-state index in [4.69, 9.17) is 9.72 Å². The van der Waals surface area contributed by atoms with Crippen molar-refractivity contribution in [2.24, 2.45) is 7.05 Å². The number of aromatic nitrogens is 4. The lowest BCUT2D eigenvalue weighted by Gasteiger charge is -2.17. The molecule has 8 nitrogen and oxygen atoms in total. The lowest BCUT2D eigenvalue weighted by atomic mass is 10.0. The Kier molecular flexibility index (Phi) is 5.88. The summed E-state index contributed by atoms with van der Waals surface area (Å²) in [6.07, 6.45) is 1.79. The molecule has 0 aliphatic rings. The van der Waals surface area contributed by atoms with Crippen LogP contribution in [0.2, 0.25) is 0 Å². The second-order valence-electron chi connectivity index (χ2n) is 9.16. The topological polar surface area (TPSA) is 91.3 Å². The number of carbonyl (C=O) groups is 1. The Morgan fingerprint density at radius 2 is 1.81 bits per heavy atom. The van der Waals surface area contributed by atoms with Gasteiger partial charge in [-0.1, -0.05) is 24.3 Å². The molecular weight excluding hydrogens is 456 g/mol. The fraction of sp³-hybridized carbons (Fsp3) is 0.250. The van der Waals surface area contributed by atoms with Crippen molar-refractivity contribution in [3.63, 3.8) is 0 Å². The Hall–Kier alpha value is -4.33. The number of rotatable bonds is 7. The van der Waals surface area contributed by atoms with Gasteiger partial charge in [0.1, 0.15) is 5.75 Å². The molecule has 184 valence electrons. The third-order valence-electron chi connectivity index (χ3n) is 6.76. The van der Waals surface area contributed by atoms with Gasteiger partial charge in [-0.25, -0.2) is 9.78 Å². The first-order valence-electron chi connectivity index (χ1n) is 11.8. The fourth-order valence-corrected chi connectivity index (χ4v) is 5.05. The number of aliphatic carboxylic acids is 1. The van der Waals surface area contributed by atoms with Crippen LogP contribution in [-0.4, -0.2) is 36.9 Å².